The maximum Gasteiger partial charge on any atom is 0.195 e. The number of hydrazine groups is 1. The van der Waals surface area contributed by atoms with Crippen LogP contribution in [-0.2, 0) is 0 Å². The van der Waals surface area contributed by atoms with Gasteiger partial charge in [0.15, 0.2) is 23.0 Å². The van der Waals surface area contributed by atoms with Crippen LogP contribution in [-0.4, -0.2) is 6.04 Å². The van der Waals surface area contributed by atoms with Gasteiger partial charge in [-0.2, -0.15) is 0 Å². The first-order chi connectivity index (χ1) is 19.8. The van der Waals surface area contributed by atoms with Crippen LogP contribution in [0.3, 0.4) is 0 Å². The first-order valence-corrected chi connectivity index (χ1v) is 13.9. The van der Waals surface area contributed by atoms with Gasteiger partial charge in [-0.3, -0.25) is 10.4 Å². The lowest BCUT2D eigenvalue weighted by Gasteiger charge is -2.38. The fourth-order valence-electron chi connectivity index (χ4n) is 6.35. The number of nitrogens with zero attached hydrogens (tertiary/aromatic N) is 1. The van der Waals surface area contributed by atoms with Gasteiger partial charge in [-0.05, 0) is 46.5 Å². The molecule has 40 heavy (non-hydrogen) atoms. The van der Waals surface area contributed by atoms with E-state index in [0.717, 1.165) is 45.5 Å². The Labute approximate surface area is 234 Å². The van der Waals surface area contributed by atoms with E-state index in [4.69, 9.17) is 9.47 Å². The third-order valence-electron chi connectivity index (χ3n) is 8.28. The molecular formula is C36H28N2O2. The molecule has 0 spiro atoms. The molecule has 3 unspecified atom stereocenters. The molecular weight excluding hydrogens is 492 g/mol. The quantitative estimate of drug-likeness (QED) is 0.294. The molecule has 4 nitrogen and oxygen atoms in total. The first kappa shape index (κ1) is 23.0. The standard InChI is InChI=1S/C36H28N2O2/c1-23-11-5-7-15-26(23)33(25-13-3-2-4-14-25)37-38-34-27-16-8-6-12-24(27)19-20-28(34)29-21-22-32-36(35(29)38)40-31-18-10-9-17-30(31)39-32/h2-23,27,34,37H,1H3/b33-26-. The summed E-state index contributed by atoms with van der Waals surface area (Å²) in [5, 5.41) is 2.33. The Morgan fingerprint density at radius 3 is 2.38 bits per heavy atom. The van der Waals surface area contributed by atoms with Crippen LogP contribution in [0.5, 0.6) is 23.0 Å². The summed E-state index contributed by atoms with van der Waals surface area (Å²) >= 11 is 0. The zero-order chi connectivity index (χ0) is 26.6. The number of hydrogen-bond donors (Lipinski definition) is 1. The van der Waals surface area contributed by atoms with Crippen molar-refractivity contribution < 1.29 is 9.47 Å². The van der Waals surface area contributed by atoms with E-state index >= 15 is 0 Å². The molecule has 0 fully saturated rings. The van der Waals surface area contributed by atoms with Gasteiger partial charge < -0.3 is 9.47 Å². The molecule has 2 heterocycles. The number of fused-ring (bicyclic) bond motifs is 8. The van der Waals surface area contributed by atoms with Crippen LogP contribution < -0.4 is 19.9 Å². The van der Waals surface area contributed by atoms with Crippen molar-refractivity contribution in [1.82, 2.24) is 5.43 Å². The van der Waals surface area contributed by atoms with Gasteiger partial charge in [0.25, 0.3) is 0 Å². The number of benzene rings is 3. The van der Waals surface area contributed by atoms with E-state index in [0.29, 0.717) is 0 Å². The minimum atomic E-state index is 0.0428. The van der Waals surface area contributed by atoms with Gasteiger partial charge in [-0.1, -0.05) is 110 Å². The summed E-state index contributed by atoms with van der Waals surface area (Å²) in [6.45, 7) is 2.25. The highest BCUT2D eigenvalue weighted by Crippen LogP contribution is 2.57. The van der Waals surface area contributed by atoms with Crippen molar-refractivity contribution >= 4 is 17.0 Å². The summed E-state index contributed by atoms with van der Waals surface area (Å²) < 4.78 is 13.0. The molecule has 0 saturated carbocycles. The minimum Gasteiger partial charge on any atom is -0.449 e. The van der Waals surface area contributed by atoms with Crippen molar-refractivity contribution in [1.29, 1.82) is 0 Å². The molecule has 0 bridgehead atoms. The molecule has 4 heteroatoms. The average molecular weight is 521 g/mol. The van der Waals surface area contributed by atoms with E-state index < -0.39 is 0 Å². The van der Waals surface area contributed by atoms with Gasteiger partial charge in [0.05, 0.1) is 11.7 Å². The Morgan fingerprint density at radius 2 is 1.52 bits per heavy atom. The Balaban J connectivity index is 1.33. The summed E-state index contributed by atoms with van der Waals surface area (Å²) in [6, 6.07) is 22.7. The third-order valence-corrected chi connectivity index (χ3v) is 8.28. The predicted octanol–water partition coefficient (Wildman–Crippen LogP) is 8.52. The molecule has 0 saturated heterocycles. The molecule has 0 radical (unpaired) electrons. The Morgan fingerprint density at radius 1 is 0.750 bits per heavy atom. The van der Waals surface area contributed by atoms with E-state index in [1.165, 1.54) is 16.7 Å². The van der Waals surface area contributed by atoms with Crippen molar-refractivity contribution in [2.45, 2.75) is 13.0 Å². The van der Waals surface area contributed by atoms with Gasteiger partial charge in [0, 0.05) is 17.4 Å². The summed E-state index contributed by atoms with van der Waals surface area (Å²) in [7, 11) is 0. The number of hydrogen-bond acceptors (Lipinski definition) is 4. The topological polar surface area (TPSA) is 33.7 Å². The van der Waals surface area contributed by atoms with E-state index in [-0.39, 0.29) is 17.9 Å². The second-order valence-corrected chi connectivity index (χ2v) is 10.7. The summed E-state index contributed by atoms with van der Waals surface area (Å²) in [5.41, 5.74) is 12.2. The second-order valence-electron chi connectivity index (χ2n) is 10.7. The van der Waals surface area contributed by atoms with Crippen molar-refractivity contribution in [3.05, 3.63) is 150 Å². The van der Waals surface area contributed by atoms with E-state index in [9.17, 15) is 0 Å². The lowest BCUT2D eigenvalue weighted by atomic mass is 9.80. The fraction of sp³-hybridized carbons (Fsp3) is 0.111. The SMILES string of the molecule is CC1C=CC=C/C1=C(/NN1c2c(ccc3c2Oc2ccccc2O3)C2=CC=C3C=CC=CC3C21)c1ccccc1. The Kier molecular flexibility index (Phi) is 5.20. The summed E-state index contributed by atoms with van der Waals surface area (Å²) in [6.07, 6.45) is 22.0. The van der Waals surface area contributed by atoms with Gasteiger partial charge in [-0.25, -0.2) is 0 Å². The Hall–Kier alpha value is -4.96. The zero-order valence-electron chi connectivity index (χ0n) is 22.1. The lowest BCUT2D eigenvalue weighted by Crippen LogP contribution is -2.47. The van der Waals surface area contributed by atoms with Crippen molar-refractivity contribution in [2.24, 2.45) is 11.8 Å². The fourth-order valence-corrected chi connectivity index (χ4v) is 6.35. The molecule has 8 rings (SSSR count). The van der Waals surface area contributed by atoms with Crippen LogP contribution in [0.2, 0.25) is 0 Å². The van der Waals surface area contributed by atoms with Crippen LogP contribution in [0.15, 0.2) is 139 Å². The van der Waals surface area contributed by atoms with E-state index in [1.807, 2.05) is 30.3 Å². The molecule has 5 aliphatic rings. The van der Waals surface area contributed by atoms with Crippen LogP contribution in [0, 0.1) is 11.8 Å². The minimum absolute atomic E-state index is 0.0428. The van der Waals surface area contributed by atoms with Crippen LogP contribution >= 0.6 is 0 Å². The second kappa shape index (κ2) is 9.06. The largest absolute Gasteiger partial charge is 0.449 e. The number of rotatable bonds is 3. The normalized spacial score (nSPS) is 23.9. The highest BCUT2D eigenvalue weighted by molar-refractivity contribution is 5.95. The zero-order valence-corrected chi connectivity index (χ0v) is 22.1. The maximum atomic E-state index is 6.62. The summed E-state index contributed by atoms with van der Waals surface area (Å²) in [4.78, 5) is 0. The number of anilines is 1. The van der Waals surface area contributed by atoms with E-state index in [2.05, 4.69) is 115 Å². The van der Waals surface area contributed by atoms with Crippen LogP contribution in [0.4, 0.5) is 5.69 Å². The molecule has 2 aliphatic heterocycles. The van der Waals surface area contributed by atoms with Gasteiger partial charge in [0.1, 0.15) is 5.69 Å². The van der Waals surface area contributed by atoms with Crippen LogP contribution in [0.1, 0.15) is 18.1 Å². The molecule has 0 aromatic heterocycles. The molecule has 194 valence electrons. The molecule has 1 N–H and O–H groups in total. The molecule has 3 aromatic carbocycles. The molecule has 3 aromatic rings. The third kappa shape index (κ3) is 3.53. The summed E-state index contributed by atoms with van der Waals surface area (Å²) in [5.74, 6) is 3.37. The monoisotopic (exact) mass is 520 g/mol. The number of allylic oxidation sites excluding steroid dienone is 10. The predicted molar refractivity (Wildman–Crippen MR) is 161 cm³/mol. The van der Waals surface area contributed by atoms with Gasteiger partial charge in [-0.15, -0.1) is 0 Å². The van der Waals surface area contributed by atoms with Gasteiger partial charge in [0.2, 0.25) is 0 Å². The number of para-hydroxylation sites is 2. The molecule has 3 aliphatic carbocycles. The van der Waals surface area contributed by atoms with E-state index in [1.54, 1.807) is 0 Å². The Bertz CT molecular complexity index is 1750. The number of nitrogens with one attached hydrogen (secondary N) is 1. The highest BCUT2D eigenvalue weighted by Gasteiger charge is 2.45. The maximum absolute atomic E-state index is 6.62. The number of ether oxygens (including phenoxy) is 2. The van der Waals surface area contributed by atoms with Crippen molar-refractivity contribution in [3.8, 4) is 23.0 Å². The lowest BCUT2D eigenvalue weighted by molar-refractivity contribution is 0.359. The van der Waals surface area contributed by atoms with Crippen LogP contribution in [0.25, 0.3) is 11.3 Å². The highest BCUT2D eigenvalue weighted by atomic mass is 16.6. The average Bonchev–Trinajstić information content (AvgIpc) is 3.34. The van der Waals surface area contributed by atoms with Crippen molar-refractivity contribution in [2.75, 3.05) is 5.01 Å². The molecule has 0 amide bonds. The van der Waals surface area contributed by atoms with Gasteiger partial charge >= 0.3 is 0 Å². The molecule has 3 atom stereocenters. The first-order valence-electron chi connectivity index (χ1n) is 13.9. The smallest absolute Gasteiger partial charge is 0.195 e. The van der Waals surface area contributed by atoms with Crippen molar-refractivity contribution in [3.63, 3.8) is 0 Å².